The van der Waals surface area contributed by atoms with Gasteiger partial charge in [-0.25, -0.2) is 14.8 Å². The molecule has 24 heavy (non-hydrogen) atoms. The molecule has 1 amide bonds. The summed E-state index contributed by atoms with van der Waals surface area (Å²) in [4.78, 5) is 34.9. The summed E-state index contributed by atoms with van der Waals surface area (Å²) in [6.45, 7) is 5.65. The largest absolute Gasteiger partial charge is 0.467 e. The maximum absolute atomic E-state index is 12.5. The summed E-state index contributed by atoms with van der Waals surface area (Å²) in [5, 5.41) is 2.82. The van der Waals surface area contributed by atoms with E-state index in [1.54, 1.807) is 0 Å². The van der Waals surface area contributed by atoms with Crippen molar-refractivity contribution in [3.63, 3.8) is 0 Å². The number of carbonyl (C=O) groups excluding carboxylic acids is 2. The molecule has 1 aliphatic heterocycles. The van der Waals surface area contributed by atoms with Gasteiger partial charge in [-0.3, -0.25) is 4.79 Å². The molecule has 1 aromatic heterocycles. The molecule has 2 rings (SSSR count). The molecule has 0 bridgehead atoms. The van der Waals surface area contributed by atoms with E-state index in [0.717, 1.165) is 25.9 Å². The number of carbonyl (C=O) groups is 2. The Bertz CT molecular complexity index is 603. The van der Waals surface area contributed by atoms with Gasteiger partial charge in [-0.15, -0.1) is 0 Å². The Labute approximate surface area is 146 Å². The van der Waals surface area contributed by atoms with Crippen LogP contribution in [0, 0.1) is 5.92 Å². The molecule has 1 aromatic rings. The second-order valence-corrected chi connectivity index (χ2v) is 6.65. The first-order chi connectivity index (χ1) is 11.4. The van der Waals surface area contributed by atoms with E-state index in [-0.39, 0.29) is 16.6 Å². The average Bonchev–Trinajstić information content (AvgIpc) is 3.07. The number of nitrogens with one attached hydrogen (secondary N) is 1. The summed E-state index contributed by atoms with van der Waals surface area (Å²) < 4.78 is 4.76. The minimum absolute atomic E-state index is 0.0752. The lowest BCUT2D eigenvalue weighted by Gasteiger charge is -2.19. The van der Waals surface area contributed by atoms with E-state index in [4.69, 9.17) is 16.3 Å². The zero-order valence-corrected chi connectivity index (χ0v) is 15.0. The number of methoxy groups -OCH3 is 1. The van der Waals surface area contributed by atoms with Gasteiger partial charge in [0.2, 0.25) is 5.95 Å². The minimum atomic E-state index is -0.733. The molecule has 1 saturated heterocycles. The van der Waals surface area contributed by atoms with E-state index in [1.165, 1.54) is 13.3 Å². The number of nitrogens with zero attached hydrogens (tertiary/aromatic N) is 3. The number of ether oxygens (including phenoxy) is 1. The summed E-state index contributed by atoms with van der Waals surface area (Å²) in [6.07, 6.45) is 4.05. The first-order valence-corrected chi connectivity index (χ1v) is 8.46. The van der Waals surface area contributed by atoms with Gasteiger partial charge in [-0.1, -0.05) is 25.4 Å². The van der Waals surface area contributed by atoms with Crippen LogP contribution in [0.25, 0.3) is 0 Å². The van der Waals surface area contributed by atoms with Gasteiger partial charge in [0.05, 0.1) is 18.3 Å². The first-order valence-electron chi connectivity index (χ1n) is 8.08. The Hall–Kier alpha value is -1.89. The fourth-order valence-electron chi connectivity index (χ4n) is 2.64. The van der Waals surface area contributed by atoms with Crippen molar-refractivity contribution in [2.75, 3.05) is 25.1 Å². The molecule has 0 radical (unpaired) electrons. The second-order valence-electron chi connectivity index (χ2n) is 6.24. The van der Waals surface area contributed by atoms with E-state index in [0.29, 0.717) is 12.4 Å². The maximum Gasteiger partial charge on any atom is 0.328 e. The number of anilines is 1. The number of hydrogen-bond acceptors (Lipinski definition) is 6. The van der Waals surface area contributed by atoms with E-state index < -0.39 is 17.9 Å². The highest BCUT2D eigenvalue weighted by atomic mass is 35.5. The van der Waals surface area contributed by atoms with Gasteiger partial charge in [-0.05, 0) is 25.2 Å². The highest BCUT2D eigenvalue weighted by Crippen LogP contribution is 2.20. The van der Waals surface area contributed by atoms with Crippen molar-refractivity contribution in [2.24, 2.45) is 5.92 Å². The van der Waals surface area contributed by atoms with Crippen LogP contribution in [0.1, 0.15) is 43.6 Å². The Morgan fingerprint density at radius 3 is 2.62 bits per heavy atom. The molecule has 0 aromatic carbocycles. The van der Waals surface area contributed by atoms with Crippen LogP contribution in [0.5, 0.6) is 0 Å². The van der Waals surface area contributed by atoms with E-state index in [2.05, 4.69) is 15.3 Å². The number of aromatic nitrogens is 2. The molecule has 2 heterocycles. The van der Waals surface area contributed by atoms with Crippen molar-refractivity contribution in [2.45, 2.75) is 39.2 Å². The zero-order chi connectivity index (χ0) is 17.7. The highest BCUT2D eigenvalue weighted by Gasteiger charge is 2.26. The third kappa shape index (κ3) is 4.56. The molecule has 1 unspecified atom stereocenters. The molecular formula is C16H23ClN4O3. The van der Waals surface area contributed by atoms with E-state index in [9.17, 15) is 9.59 Å². The Balaban J connectivity index is 2.17. The van der Waals surface area contributed by atoms with Crippen molar-refractivity contribution in [3.05, 3.63) is 16.9 Å². The van der Waals surface area contributed by atoms with Crippen LogP contribution in [-0.2, 0) is 9.53 Å². The predicted molar refractivity (Wildman–Crippen MR) is 91.2 cm³/mol. The quantitative estimate of drug-likeness (QED) is 0.787. The third-order valence-electron chi connectivity index (χ3n) is 3.83. The molecule has 1 fully saturated rings. The molecule has 0 aliphatic carbocycles. The molecule has 132 valence electrons. The van der Waals surface area contributed by atoms with Crippen molar-refractivity contribution in [1.29, 1.82) is 0 Å². The lowest BCUT2D eigenvalue weighted by Crippen LogP contribution is -2.42. The summed E-state index contributed by atoms with van der Waals surface area (Å²) in [5.41, 5.74) is 0.0752. The molecular weight excluding hydrogens is 332 g/mol. The Kier molecular flexibility index (Phi) is 6.36. The predicted octanol–water partition coefficient (Wildman–Crippen LogP) is 2.05. The number of esters is 1. The zero-order valence-electron chi connectivity index (χ0n) is 14.2. The number of halogens is 1. The normalized spacial score (nSPS) is 15.5. The first kappa shape index (κ1) is 18.4. The maximum atomic E-state index is 12.5. The van der Waals surface area contributed by atoms with Crippen molar-refractivity contribution in [1.82, 2.24) is 15.3 Å². The molecule has 1 N–H and O–H groups in total. The average molecular weight is 355 g/mol. The lowest BCUT2D eigenvalue weighted by molar-refractivity contribution is -0.143. The fourth-order valence-corrected chi connectivity index (χ4v) is 2.82. The van der Waals surface area contributed by atoms with Crippen LogP contribution in [0.2, 0.25) is 5.02 Å². The SMILES string of the molecule is COC(=O)C(CC(C)C)NC(=O)c1nc(N2CCCC2)ncc1Cl. The molecule has 0 saturated carbocycles. The molecule has 0 spiro atoms. The van der Waals surface area contributed by atoms with Gasteiger partial charge >= 0.3 is 5.97 Å². The van der Waals surface area contributed by atoms with Crippen molar-refractivity contribution < 1.29 is 14.3 Å². The second kappa shape index (κ2) is 8.28. The summed E-state index contributed by atoms with van der Waals surface area (Å²) >= 11 is 6.08. The summed E-state index contributed by atoms with van der Waals surface area (Å²) in [7, 11) is 1.30. The number of amides is 1. The van der Waals surface area contributed by atoms with Crippen LogP contribution in [0.15, 0.2) is 6.20 Å². The smallest absolute Gasteiger partial charge is 0.328 e. The standard InChI is InChI=1S/C16H23ClN4O3/c1-10(2)8-12(15(23)24-3)19-14(22)13-11(17)9-18-16(20-13)21-6-4-5-7-21/h9-10,12H,4-8H2,1-3H3,(H,19,22). The number of rotatable bonds is 6. The van der Waals surface area contributed by atoms with E-state index in [1.807, 2.05) is 18.7 Å². The van der Waals surface area contributed by atoms with Crippen LogP contribution >= 0.6 is 11.6 Å². The summed E-state index contributed by atoms with van der Waals surface area (Å²) in [6, 6.07) is -0.733. The van der Waals surface area contributed by atoms with E-state index >= 15 is 0 Å². The molecule has 1 atom stereocenters. The van der Waals surface area contributed by atoms with Gasteiger partial charge in [0.15, 0.2) is 5.69 Å². The molecule has 7 nitrogen and oxygen atoms in total. The lowest BCUT2D eigenvalue weighted by atomic mass is 10.0. The molecule has 1 aliphatic rings. The van der Waals surface area contributed by atoms with Crippen molar-refractivity contribution in [3.8, 4) is 0 Å². The van der Waals surface area contributed by atoms with Crippen LogP contribution in [0.4, 0.5) is 5.95 Å². The van der Waals surface area contributed by atoms with Crippen LogP contribution in [-0.4, -0.2) is 48.1 Å². The highest BCUT2D eigenvalue weighted by molar-refractivity contribution is 6.33. The number of hydrogen-bond donors (Lipinski definition) is 1. The van der Waals surface area contributed by atoms with Gasteiger partial charge in [0, 0.05) is 13.1 Å². The Morgan fingerprint density at radius 2 is 2.04 bits per heavy atom. The molecule has 8 heteroatoms. The van der Waals surface area contributed by atoms with Gasteiger partial charge in [0.25, 0.3) is 5.91 Å². The van der Waals surface area contributed by atoms with Gasteiger partial charge < -0.3 is 15.0 Å². The van der Waals surface area contributed by atoms with Crippen LogP contribution < -0.4 is 10.2 Å². The Morgan fingerprint density at radius 1 is 1.38 bits per heavy atom. The monoisotopic (exact) mass is 354 g/mol. The fraction of sp³-hybridized carbons (Fsp3) is 0.625. The minimum Gasteiger partial charge on any atom is -0.467 e. The third-order valence-corrected chi connectivity index (χ3v) is 4.11. The van der Waals surface area contributed by atoms with Crippen LogP contribution in [0.3, 0.4) is 0 Å². The summed E-state index contributed by atoms with van der Waals surface area (Å²) in [5.74, 6) is -0.281. The van der Waals surface area contributed by atoms with Gasteiger partial charge in [-0.2, -0.15) is 0 Å². The van der Waals surface area contributed by atoms with Gasteiger partial charge in [0.1, 0.15) is 6.04 Å². The van der Waals surface area contributed by atoms with Crippen molar-refractivity contribution >= 4 is 29.4 Å². The topological polar surface area (TPSA) is 84.4 Å².